The molecule has 0 amide bonds. The van der Waals surface area contributed by atoms with Crippen molar-refractivity contribution >= 4 is 9.84 Å². The summed E-state index contributed by atoms with van der Waals surface area (Å²) in [5.41, 5.74) is 5.81. The molecule has 0 aromatic heterocycles. The van der Waals surface area contributed by atoms with E-state index >= 15 is 0 Å². The summed E-state index contributed by atoms with van der Waals surface area (Å²) < 4.78 is 35.2. The molecule has 1 aliphatic carbocycles. The highest BCUT2D eigenvalue weighted by Gasteiger charge is 2.69. The lowest BCUT2D eigenvalue weighted by Crippen LogP contribution is -2.28. The van der Waals surface area contributed by atoms with E-state index in [2.05, 4.69) is 0 Å². The van der Waals surface area contributed by atoms with Gasteiger partial charge in [-0.05, 0) is 17.7 Å². The second-order valence-corrected chi connectivity index (χ2v) is 7.97. The Morgan fingerprint density at radius 3 is 2.71 bits per heavy atom. The standard InChI is InChI=1S/C14H19NO5S/c1-2-21(17,18)13-12(14(13,6-15)7-16)9-3-4-10-11(5-9)20-8-19-10/h3-5,12-13,16H,2,6-8,15H2,1H3/t12-,13-,14+/m0/s1. The van der Waals surface area contributed by atoms with Crippen LogP contribution in [0.1, 0.15) is 18.4 Å². The van der Waals surface area contributed by atoms with Gasteiger partial charge in [0, 0.05) is 23.6 Å². The van der Waals surface area contributed by atoms with Gasteiger partial charge in [-0.1, -0.05) is 13.0 Å². The molecule has 0 spiro atoms. The van der Waals surface area contributed by atoms with Gasteiger partial charge in [0.05, 0.1) is 11.9 Å². The van der Waals surface area contributed by atoms with Gasteiger partial charge < -0.3 is 20.3 Å². The minimum atomic E-state index is -3.28. The van der Waals surface area contributed by atoms with Crippen LogP contribution in [0, 0.1) is 5.41 Å². The highest BCUT2D eigenvalue weighted by Crippen LogP contribution is 2.62. The Balaban J connectivity index is 2.01. The van der Waals surface area contributed by atoms with E-state index < -0.39 is 20.5 Å². The Morgan fingerprint density at radius 1 is 1.38 bits per heavy atom. The van der Waals surface area contributed by atoms with Crippen LogP contribution in [0.2, 0.25) is 0 Å². The fourth-order valence-electron chi connectivity index (χ4n) is 3.31. The number of aliphatic hydroxyl groups is 1. The van der Waals surface area contributed by atoms with Crippen molar-refractivity contribution in [2.24, 2.45) is 11.1 Å². The highest BCUT2D eigenvalue weighted by atomic mass is 32.2. The van der Waals surface area contributed by atoms with E-state index in [1.807, 2.05) is 6.07 Å². The molecule has 3 atom stereocenters. The Hall–Kier alpha value is -1.31. The fourth-order valence-corrected chi connectivity index (χ4v) is 5.46. The average Bonchev–Trinajstić information content (AvgIpc) is 2.98. The number of aliphatic hydroxyl groups excluding tert-OH is 1. The summed E-state index contributed by atoms with van der Waals surface area (Å²) in [4.78, 5) is 0. The lowest BCUT2D eigenvalue weighted by molar-refractivity contribution is 0.174. The molecule has 116 valence electrons. The van der Waals surface area contributed by atoms with Crippen molar-refractivity contribution in [1.29, 1.82) is 0 Å². The Morgan fingerprint density at radius 2 is 2.10 bits per heavy atom. The van der Waals surface area contributed by atoms with E-state index in [1.54, 1.807) is 19.1 Å². The molecule has 1 fully saturated rings. The van der Waals surface area contributed by atoms with Gasteiger partial charge in [-0.2, -0.15) is 0 Å². The van der Waals surface area contributed by atoms with Crippen LogP contribution in [-0.4, -0.2) is 44.5 Å². The molecule has 0 bridgehead atoms. The maximum atomic E-state index is 12.3. The number of fused-ring (bicyclic) bond motifs is 1. The number of ether oxygens (including phenoxy) is 2. The molecule has 1 aromatic carbocycles. The summed E-state index contributed by atoms with van der Waals surface area (Å²) in [5.74, 6) is 1.00. The van der Waals surface area contributed by atoms with Crippen LogP contribution in [0.5, 0.6) is 11.5 Å². The third-order valence-electron chi connectivity index (χ3n) is 4.60. The van der Waals surface area contributed by atoms with Crippen LogP contribution in [0.15, 0.2) is 18.2 Å². The summed E-state index contributed by atoms with van der Waals surface area (Å²) in [5, 5.41) is 9.08. The van der Waals surface area contributed by atoms with E-state index in [0.717, 1.165) is 5.56 Å². The zero-order valence-corrected chi connectivity index (χ0v) is 12.6. The molecular weight excluding hydrogens is 294 g/mol. The third-order valence-corrected chi connectivity index (χ3v) is 6.92. The third kappa shape index (κ3) is 2.03. The van der Waals surface area contributed by atoms with Crippen LogP contribution >= 0.6 is 0 Å². The number of rotatable bonds is 5. The molecule has 0 unspecified atom stereocenters. The van der Waals surface area contributed by atoms with Crippen molar-refractivity contribution in [3.05, 3.63) is 23.8 Å². The van der Waals surface area contributed by atoms with Crippen molar-refractivity contribution in [2.45, 2.75) is 18.1 Å². The van der Waals surface area contributed by atoms with Crippen molar-refractivity contribution < 1.29 is 23.0 Å². The quantitative estimate of drug-likeness (QED) is 0.808. The summed E-state index contributed by atoms with van der Waals surface area (Å²) in [6.07, 6.45) is 0. The van der Waals surface area contributed by atoms with Gasteiger partial charge in [0.2, 0.25) is 6.79 Å². The lowest BCUT2D eigenvalue weighted by atomic mass is 10.00. The van der Waals surface area contributed by atoms with Gasteiger partial charge in [0.25, 0.3) is 0 Å². The summed E-state index contributed by atoms with van der Waals surface area (Å²) in [7, 11) is -3.28. The number of sulfone groups is 1. The minimum Gasteiger partial charge on any atom is -0.454 e. The van der Waals surface area contributed by atoms with Gasteiger partial charge in [-0.15, -0.1) is 0 Å². The molecule has 3 rings (SSSR count). The molecule has 1 saturated carbocycles. The van der Waals surface area contributed by atoms with Crippen molar-refractivity contribution in [2.75, 3.05) is 25.7 Å². The normalized spacial score (nSPS) is 30.4. The molecule has 0 saturated heterocycles. The Kier molecular flexibility index (Phi) is 3.38. The molecule has 2 aliphatic rings. The fraction of sp³-hybridized carbons (Fsp3) is 0.571. The molecule has 1 aromatic rings. The predicted molar refractivity (Wildman–Crippen MR) is 77.1 cm³/mol. The van der Waals surface area contributed by atoms with Crippen LogP contribution in [0.4, 0.5) is 0 Å². The van der Waals surface area contributed by atoms with Crippen LogP contribution in [-0.2, 0) is 9.84 Å². The largest absolute Gasteiger partial charge is 0.454 e. The molecule has 1 heterocycles. The molecule has 21 heavy (non-hydrogen) atoms. The lowest BCUT2D eigenvalue weighted by Gasteiger charge is -2.11. The summed E-state index contributed by atoms with van der Waals surface area (Å²) in [6.45, 7) is 1.67. The Bertz CT molecular complexity index is 653. The van der Waals surface area contributed by atoms with Crippen molar-refractivity contribution in [1.82, 2.24) is 0 Å². The van der Waals surface area contributed by atoms with E-state index in [9.17, 15) is 13.5 Å². The molecule has 6 nitrogen and oxygen atoms in total. The SMILES string of the molecule is CCS(=O)(=O)[C@H]1[C@H](c2ccc3c(c2)OCO3)[C@@]1(CN)CO. The van der Waals surface area contributed by atoms with Gasteiger partial charge in [0.15, 0.2) is 21.3 Å². The topological polar surface area (TPSA) is 98.9 Å². The molecular formula is C14H19NO5S. The maximum absolute atomic E-state index is 12.3. The Labute approximate surface area is 123 Å². The monoisotopic (exact) mass is 313 g/mol. The van der Waals surface area contributed by atoms with Gasteiger partial charge in [-0.3, -0.25) is 0 Å². The van der Waals surface area contributed by atoms with Gasteiger partial charge in [0.1, 0.15) is 0 Å². The first-order valence-corrected chi connectivity index (χ1v) is 8.63. The summed E-state index contributed by atoms with van der Waals surface area (Å²) >= 11 is 0. The number of hydrogen-bond acceptors (Lipinski definition) is 6. The molecule has 3 N–H and O–H groups in total. The zero-order chi connectivity index (χ0) is 15.3. The predicted octanol–water partition coefficient (Wildman–Crippen LogP) is 0.253. The first-order chi connectivity index (χ1) is 10.00. The van der Waals surface area contributed by atoms with E-state index in [0.29, 0.717) is 11.5 Å². The first-order valence-electron chi connectivity index (χ1n) is 6.92. The number of nitrogens with two attached hydrogens (primary N) is 1. The molecule has 7 heteroatoms. The van der Waals surface area contributed by atoms with Crippen LogP contribution < -0.4 is 15.2 Å². The minimum absolute atomic E-state index is 0.0421. The average molecular weight is 313 g/mol. The van der Waals surface area contributed by atoms with Gasteiger partial charge in [-0.25, -0.2) is 8.42 Å². The smallest absolute Gasteiger partial charge is 0.231 e. The van der Waals surface area contributed by atoms with E-state index in [-0.39, 0.29) is 31.6 Å². The first kappa shape index (κ1) is 14.6. The number of benzene rings is 1. The van der Waals surface area contributed by atoms with Crippen molar-refractivity contribution in [3.8, 4) is 11.5 Å². The van der Waals surface area contributed by atoms with Crippen LogP contribution in [0.25, 0.3) is 0 Å². The number of hydrogen-bond donors (Lipinski definition) is 2. The van der Waals surface area contributed by atoms with E-state index in [4.69, 9.17) is 15.2 Å². The highest BCUT2D eigenvalue weighted by molar-refractivity contribution is 7.92. The zero-order valence-electron chi connectivity index (χ0n) is 11.8. The van der Waals surface area contributed by atoms with Crippen molar-refractivity contribution in [3.63, 3.8) is 0 Å². The second kappa shape index (κ2) is 4.86. The van der Waals surface area contributed by atoms with Gasteiger partial charge >= 0.3 is 0 Å². The van der Waals surface area contributed by atoms with E-state index in [1.165, 1.54) is 0 Å². The summed E-state index contributed by atoms with van der Waals surface area (Å²) in [6, 6.07) is 5.38. The second-order valence-electron chi connectivity index (χ2n) is 5.56. The molecule has 0 radical (unpaired) electrons. The van der Waals surface area contributed by atoms with Crippen LogP contribution in [0.3, 0.4) is 0 Å². The molecule has 1 aliphatic heterocycles. The maximum Gasteiger partial charge on any atom is 0.231 e.